The molecule has 3 nitrogen and oxygen atoms in total. The molecule has 1 aromatic carbocycles. The number of carbonyl (C=O) groups excluding carboxylic acids is 1. The van der Waals surface area contributed by atoms with E-state index in [2.05, 4.69) is 25.7 Å². The Morgan fingerprint density at radius 2 is 1.95 bits per heavy atom. The topological polar surface area (TPSA) is 38.3 Å². The Morgan fingerprint density at radius 1 is 1.32 bits per heavy atom. The fourth-order valence-corrected chi connectivity index (χ4v) is 1.60. The van der Waals surface area contributed by atoms with Gasteiger partial charge >= 0.3 is 0 Å². The Balaban J connectivity index is 2.35. The van der Waals surface area contributed by atoms with E-state index in [-0.39, 0.29) is 5.91 Å². The van der Waals surface area contributed by atoms with Gasteiger partial charge in [-0.1, -0.05) is 38.1 Å². The van der Waals surface area contributed by atoms with Crippen LogP contribution in [-0.4, -0.2) is 25.7 Å². The zero-order valence-electron chi connectivity index (χ0n) is 12.0. The highest BCUT2D eigenvalue weighted by Gasteiger charge is 2.05. The Bertz CT molecular complexity index is 421. The van der Waals surface area contributed by atoms with Crippen molar-refractivity contribution in [3.05, 3.63) is 47.5 Å². The third-order valence-electron chi connectivity index (χ3n) is 2.72. The highest BCUT2D eigenvalue weighted by molar-refractivity contribution is 5.94. The largest absolute Gasteiger partial charge is 0.375 e. The van der Waals surface area contributed by atoms with Gasteiger partial charge in [0.15, 0.2) is 0 Å². The first kappa shape index (κ1) is 15.4. The van der Waals surface area contributed by atoms with Crippen LogP contribution in [-0.2, 0) is 4.74 Å². The molecule has 0 spiro atoms. The molecule has 1 N–H and O–H groups in total. The Morgan fingerprint density at radius 3 is 2.47 bits per heavy atom. The molecule has 0 heterocycles. The van der Waals surface area contributed by atoms with Gasteiger partial charge in [0.1, 0.15) is 0 Å². The second-order valence-corrected chi connectivity index (χ2v) is 5.04. The van der Waals surface area contributed by atoms with Crippen molar-refractivity contribution in [2.45, 2.75) is 26.7 Å². The number of hydrogen-bond donors (Lipinski definition) is 1. The molecule has 104 valence electrons. The lowest BCUT2D eigenvalue weighted by atomic mass is 10.0. The summed E-state index contributed by atoms with van der Waals surface area (Å²) in [6.45, 7) is 11.5. The lowest BCUT2D eigenvalue weighted by molar-refractivity contribution is 0.0927. The summed E-state index contributed by atoms with van der Waals surface area (Å²) in [4.78, 5) is 11.8. The summed E-state index contributed by atoms with van der Waals surface area (Å²) in [6, 6.07) is 7.72. The second kappa shape index (κ2) is 7.74. The zero-order valence-corrected chi connectivity index (χ0v) is 12.0. The quantitative estimate of drug-likeness (QED) is 0.605. The predicted molar refractivity (Wildman–Crippen MR) is 78.5 cm³/mol. The van der Waals surface area contributed by atoms with Gasteiger partial charge in [-0.05, 0) is 30.5 Å². The first-order valence-corrected chi connectivity index (χ1v) is 6.61. The molecule has 0 atom stereocenters. The molecule has 3 heteroatoms. The molecule has 0 aromatic heterocycles. The van der Waals surface area contributed by atoms with Crippen molar-refractivity contribution in [3.8, 4) is 0 Å². The predicted octanol–water partition coefficient (Wildman–Crippen LogP) is 3.13. The van der Waals surface area contributed by atoms with E-state index in [1.165, 1.54) is 5.56 Å². The van der Waals surface area contributed by atoms with Crippen molar-refractivity contribution < 1.29 is 9.53 Å². The standard InChI is InChI=1S/C16H23NO2/c1-12(2)11-19-10-9-17-16(18)15-7-5-14(6-8-15)13(3)4/h5-8,13H,1,9-11H2,2-4H3,(H,17,18). The third kappa shape index (κ3) is 5.71. The summed E-state index contributed by atoms with van der Waals surface area (Å²) in [6.07, 6.45) is 0. The van der Waals surface area contributed by atoms with Crippen molar-refractivity contribution in [1.82, 2.24) is 5.32 Å². The van der Waals surface area contributed by atoms with E-state index in [9.17, 15) is 4.79 Å². The average molecular weight is 261 g/mol. The number of ether oxygens (including phenoxy) is 1. The summed E-state index contributed by atoms with van der Waals surface area (Å²) in [5.41, 5.74) is 2.90. The van der Waals surface area contributed by atoms with Gasteiger partial charge in [0.25, 0.3) is 5.91 Å². The Labute approximate surface area is 115 Å². The van der Waals surface area contributed by atoms with Crippen molar-refractivity contribution in [3.63, 3.8) is 0 Å². The van der Waals surface area contributed by atoms with Crippen LogP contribution in [0.1, 0.15) is 42.6 Å². The molecule has 0 bridgehead atoms. The Kier molecular flexibility index (Phi) is 6.30. The maximum Gasteiger partial charge on any atom is 0.251 e. The summed E-state index contributed by atoms with van der Waals surface area (Å²) < 4.78 is 5.32. The molecule has 1 aromatic rings. The monoisotopic (exact) mass is 261 g/mol. The first-order chi connectivity index (χ1) is 9.00. The van der Waals surface area contributed by atoms with Crippen LogP contribution in [0.15, 0.2) is 36.4 Å². The van der Waals surface area contributed by atoms with Crippen LogP contribution in [0, 0.1) is 0 Å². The van der Waals surface area contributed by atoms with Gasteiger partial charge in [0, 0.05) is 12.1 Å². The molecule has 0 saturated carbocycles. The normalized spacial score (nSPS) is 10.5. The molecule has 0 unspecified atom stereocenters. The van der Waals surface area contributed by atoms with E-state index >= 15 is 0 Å². The fraction of sp³-hybridized carbons (Fsp3) is 0.438. The molecule has 0 fully saturated rings. The van der Waals surface area contributed by atoms with Crippen molar-refractivity contribution in [2.24, 2.45) is 0 Å². The van der Waals surface area contributed by atoms with E-state index in [1.807, 2.05) is 31.2 Å². The van der Waals surface area contributed by atoms with Crippen molar-refractivity contribution >= 4 is 5.91 Å². The smallest absolute Gasteiger partial charge is 0.251 e. The molecule has 0 aliphatic rings. The van der Waals surface area contributed by atoms with E-state index in [0.717, 1.165) is 5.57 Å². The van der Waals surface area contributed by atoms with Gasteiger partial charge in [0.05, 0.1) is 13.2 Å². The summed E-state index contributed by atoms with van der Waals surface area (Å²) in [7, 11) is 0. The first-order valence-electron chi connectivity index (χ1n) is 6.61. The van der Waals surface area contributed by atoms with Gasteiger partial charge in [0.2, 0.25) is 0 Å². The van der Waals surface area contributed by atoms with Crippen LogP contribution in [0.2, 0.25) is 0 Å². The second-order valence-electron chi connectivity index (χ2n) is 5.04. The van der Waals surface area contributed by atoms with Crippen molar-refractivity contribution in [1.29, 1.82) is 0 Å². The van der Waals surface area contributed by atoms with Crippen LogP contribution in [0.5, 0.6) is 0 Å². The van der Waals surface area contributed by atoms with Crippen LogP contribution in [0.4, 0.5) is 0 Å². The minimum atomic E-state index is -0.0609. The molecule has 0 aliphatic carbocycles. The maximum absolute atomic E-state index is 11.8. The zero-order chi connectivity index (χ0) is 14.3. The molecule has 0 aliphatic heterocycles. The highest BCUT2D eigenvalue weighted by Crippen LogP contribution is 2.14. The molecule has 0 radical (unpaired) electrons. The SMILES string of the molecule is C=C(C)COCCNC(=O)c1ccc(C(C)C)cc1. The van der Waals surface area contributed by atoms with Crippen LogP contribution in [0.25, 0.3) is 0 Å². The number of hydrogen-bond acceptors (Lipinski definition) is 2. The van der Waals surface area contributed by atoms with E-state index < -0.39 is 0 Å². The minimum Gasteiger partial charge on any atom is -0.375 e. The van der Waals surface area contributed by atoms with Crippen LogP contribution in [0.3, 0.4) is 0 Å². The molecule has 19 heavy (non-hydrogen) atoms. The highest BCUT2D eigenvalue weighted by atomic mass is 16.5. The average Bonchev–Trinajstić information content (AvgIpc) is 2.37. The van der Waals surface area contributed by atoms with Gasteiger partial charge in [-0.3, -0.25) is 4.79 Å². The lowest BCUT2D eigenvalue weighted by Gasteiger charge is -2.08. The van der Waals surface area contributed by atoms with Gasteiger partial charge in [-0.15, -0.1) is 0 Å². The molecule has 1 rings (SSSR count). The van der Waals surface area contributed by atoms with Crippen LogP contribution >= 0.6 is 0 Å². The summed E-state index contributed by atoms with van der Waals surface area (Å²) >= 11 is 0. The summed E-state index contributed by atoms with van der Waals surface area (Å²) in [5.74, 6) is 0.418. The molecule has 1 amide bonds. The third-order valence-corrected chi connectivity index (χ3v) is 2.72. The lowest BCUT2D eigenvalue weighted by Crippen LogP contribution is -2.27. The van der Waals surface area contributed by atoms with Gasteiger partial charge in [-0.25, -0.2) is 0 Å². The molecular formula is C16H23NO2. The molecular weight excluding hydrogens is 238 g/mol. The summed E-state index contributed by atoms with van der Waals surface area (Å²) in [5, 5.41) is 2.83. The Hall–Kier alpha value is -1.61. The fourth-order valence-electron chi connectivity index (χ4n) is 1.60. The van der Waals surface area contributed by atoms with Crippen molar-refractivity contribution in [2.75, 3.05) is 19.8 Å². The van der Waals surface area contributed by atoms with Gasteiger partial charge < -0.3 is 10.1 Å². The molecule has 0 saturated heterocycles. The number of nitrogens with one attached hydrogen (secondary N) is 1. The minimum absolute atomic E-state index is 0.0609. The number of carbonyl (C=O) groups is 1. The number of rotatable bonds is 7. The van der Waals surface area contributed by atoms with Gasteiger partial charge in [-0.2, -0.15) is 0 Å². The van der Waals surface area contributed by atoms with E-state index in [0.29, 0.717) is 31.2 Å². The van der Waals surface area contributed by atoms with E-state index in [1.54, 1.807) is 0 Å². The number of amides is 1. The maximum atomic E-state index is 11.8. The van der Waals surface area contributed by atoms with Crippen LogP contribution < -0.4 is 5.32 Å². The number of benzene rings is 1. The van der Waals surface area contributed by atoms with E-state index in [4.69, 9.17) is 4.74 Å².